The fraction of sp³-hybridized carbons (Fsp3) is 0. The summed E-state index contributed by atoms with van der Waals surface area (Å²) < 4.78 is 5.78. The van der Waals surface area contributed by atoms with E-state index < -0.39 is 16.7 Å². The largest absolute Gasteiger partial charge is 0.506 e. The van der Waals surface area contributed by atoms with Crippen molar-refractivity contribution in [2.75, 3.05) is 4.90 Å². The van der Waals surface area contributed by atoms with Crippen molar-refractivity contribution >= 4 is 62.5 Å². The third-order valence-electron chi connectivity index (χ3n) is 4.76. The van der Waals surface area contributed by atoms with Gasteiger partial charge >= 0.3 is 0 Å². The minimum atomic E-state index is -0.794. The highest BCUT2D eigenvalue weighted by atomic mass is 79.9. The van der Waals surface area contributed by atoms with Crippen molar-refractivity contribution in [2.45, 2.75) is 0 Å². The molecule has 170 valence electrons. The Kier molecular flexibility index (Phi) is 6.39. The summed E-state index contributed by atoms with van der Waals surface area (Å²) in [4.78, 5) is 37.3. The zero-order valence-corrected chi connectivity index (χ0v) is 19.5. The van der Waals surface area contributed by atoms with E-state index in [0.29, 0.717) is 17.2 Å². The van der Waals surface area contributed by atoms with Gasteiger partial charge < -0.3 is 9.84 Å². The van der Waals surface area contributed by atoms with Crippen molar-refractivity contribution in [3.63, 3.8) is 0 Å². The first kappa shape index (κ1) is 23.1. The Balaban J connectivity index is 1.66. The number of anilines is 1. The molecule has 1 saturated heterocycles. The summed E-state index contributed by atoms with van der Waals surface area (Å²) >= 11 is 8.23. The number of phenolic OH excluding ortho intramolecular Hbond substituents is 1. The van der Waals surface area contributed by atoms with Crippen LogP contribution in [0.15, 0.2) is 76.8 Å². The Bertz CT molecular complexity index is 1360. The first-order valence-electron chi connectivity index (χ1n) is 9.66. The molecular formula is C23H14BrN3O6S. The van der Waals surface area contributed by atoms with E-state index in [2.05, 4.69) is 21.2 Å². The number of ether oxygens (including phenoxy) is 1. The van der Waals surface area contributed by atoms with Crippen LogP contribution in [0.3, 0.4) is 0 Å². The molecule has 1 heterocycles. The highest BCUT2D eigenvalue weighted by molar-refractivity contribution is 9.10. The Morgan fingerprint density at radius 3 is 2.35 bits per heavy atom. The van der Waals surface area contributed by atoms with Crippen LogP contribution in [0.5, 0.6) is 17.2 Å². The van der Waals surface area contributed by atoms with Gasteiger partial charge in [0.05, 0.1) is 15.1 Å². The number of non-ortho nitro benzene ring substituents is 1. The maximum absolute atomic E-state index is 13.2. The van der Waals surface area contributed by atoms with Crippen LogP contribution in [0.4, 0.5) is 11.4 Å². The third-order valence-corrected chi connectivity index (χ3v) is 5.65. The average molecular weight is 540 g/mol. The zero-order valence-electron chi connectivity index (χ0n) is 17.1. The van der Waals surface area contributed by atoms with Crippen molar-refractivity contribution < 1.29 is 24.4 Å². The summed E-state index contributed by atoms with van der Waals surface area (Å²) in [6.45, 7) is 0. The lowest BCUT2D eigenvalue weighted by Gasteiger charge is -2.29. The number of carbonyl (C=O) groups is 2. The van der Waals surface area contributed by atoms with Gasteiger partial charge in [0.25, 0.3) is 17.5 Å². The van der Waals surface area contributed by atoms with Crippen LogP contribution in [0.1, 0.15) is 5.56 Å². The number of rotatable bonds is 5. The van der Waals surface area contributed by atoms with Gasteiger partial charge in [-0.15, -0.1) is 0 Å². The highest BCUT2D eigenvalue weighted by Crippen LogP contribution is 2.35. The van der Waals surface area contributed by atoms with E-state index in [9.17, 15) is 24.8 Å². The Morgan fingerprint density at radius 2 is 1.71 bits per heavy atom. The monoisotopic (exact) mass is 539 g/mol. The molecule has 2 amide bonds. The van der Waals surface area contributed by atoms with E-state index in [0.717, 1.165) is 23.1 Å². The highest BCUT2D eigenvalue weighted by Gasteiger charge is 2.35. The molecule has 0 saturated carbocycles. The molecular weight excluding hydrogens is 526 g/mol. The van der Waals surface area contributed by atoms with Crippen molar-refractivity contribution in [1.29, 1.82) is 0 Å². The van der Waals surface area contributed by atoms with Gasteiger partial charge in [-0.25, -0.2) is 0 Å². The number of hydrogen-bond donors (Lipinski definition) is 2. The van der Waals surface area contributed by atoms with Crippen molar-refractivity contribution in [2.24, 2.45) is 0 Å². The number of carbonyl (C=O) groups excluding carboxylic acids is 2. The van der Waals surface area contributed by atoms with E-state index in [1.54, 1.807) is 36.4 Å². The third kappa shape index (κ3) is 4.65. The molecule has 3 aromatic carbocycles. The number of phenols is 1. The van der Waals surface area contributed by atoms with E-state index >= 15 is 0 Å². The predicted octanol–water partition coefficient (Wildman–Crippen LogP) is 4.69. The maximum atomic E-state index is 13.2. The number of para-hydroxylation sites is 1. The predicted molar refractivity (Wildman–Crippen MR) is 132 cm³/mol. The van der Waals surface area contributed by atoms with Gasteiger partial charge in [0.2, 0.25) is 0 Å². The Labute approximate surface area is 206 Å². The maximum Gasteiger partial charge on any atom is 0.271 e. The second kappa shape index (κ2) is 9.41. The van der Waals surface area contributed by atoms with Gasteiger partial charge in [0, 0.05) is 17.7 Å². The molecule has 0 radical (unpaired) electrons. The van der Waals surface area contributed by atoms with Crippen LogP contribution >= 0.6 is 28.1 Å². The lowest BCUT2D eigenvalue weighted by molar-refractivity contribution is -0.385. The number of benzene rings is 3. The molecule has 1 aliphatic heterocycles. The summed E-state index contributed by atoms with van der Waals surface area (Å²) in [5.41, 5.74) is -0.410. The van der Waals surface area contributed by atoms with E-state index in [1.165, 1.54) is 0 Å². The quantitative estimate of drug-likeness (QED) is 0.158. The first-order valence-corrected chi connectivity index (χ1v) is 10.9. The fourth-order valence-corrected chi connectivity index (χ4v) is 3.90. The Hall–Kier alpha value is -4.09. The molecule has 2 N–H and O–H groups in total. The van der Waals surface area contributed by atoms with Gasteiger partial charge in [-0.3, -0.25) is 29.9 Å². The molecule has 0 aromatic heterocycles. The molecule has 0 atom stereocenters. The van der Waals surface area contributed by atoms with Gasteiger partial charge in [-0.05, 0) is 70.6 Å². The number of amides is 2. The number of nitrogens with zero attached hydrogens (tertiary/aromatic N) is 2. The number of thiocarbonyl (C=S) groups is 1. The molecule has 1 aliphatic rings. The first-order chi connectivity index (χ1) is 16.2. The number of nitro benzene ring substituents is 1. The van der Waals surface area contributed by atoms with E-state index in [1.807, 2.05) is 18.2 Å². The molecule has 4 rings (SSSR count). The summed E-state index contributed by atoms with van der Waals surface area (Å²) in [7, 11) is 0. The molecule has 0 spiro atoms. The second-order valence-electron chi connectivity index (χ2n) is 6.99. The molecule has 0 aliphatic carbocycles. The minimum absolute atomic E-state index is 0.0404. The normalized spacial score (nSPS) is 14.8. The average Bonchev–Trinajstić information content (AvgIpc) is 2.80. The van der Waals surface area contributed by atoms with Gasteiger partial charge in [-0.2, -0.15) is 0 Å². The minimum Gasteiger partial charge on any atom is -0.506 e. The van der Waals surface area contributed by atoms with E-state index in [-0.39, 0.29) is 32.2 Å². The SMILES string of the molecule is O=C1NC(=S)N(c2ccc(Oc3ccccc3)cc2)C(=O)C1=Cc1cc([N+](=O)[O-])cc(Br)c1O. The molecule has 9 nitrogen and oxygen atoms in total. The lowest BCUT2D eigenvalue weighted by Crippen LogP contribution is -2.54. The number of nitrogens with one attached hydrogen (secondary N) is 1. The smallest absolute Gasteiger partial charge is 0.271 e. The molecule has 0 bridgehead atoms. The van der Waals surface area contributed by atoms with Crippen LogP contribution in [0.25, 0.3) is 6.08 Å². The van der Waals surface area contributed by atoms with Crippen molar-refractivity contribution in [3.05, 3.63) is 92.5 Å². The van der Waals surface area contributed by atoms with Crippen molar-refractivity contribution in [1.82, 2.24) is 5.32 Å². The number of nitro groups is 1. The van der Waals surface area contributed by atoms with E-state index in [4.69, 9.17) is 17.0 Å². The van der Waals surface area contributed by atoms with Crippen LogP contribution in [0.2, 0.25) is 0 Å². The molecule has 1 fully saturated rings. The van der Waals surface area contributed by atoms with Gasteiger partial charge in [0.15, 0.2) is 5.11 Å². The van der Waals surface area contributed by atoms with Crippen molar-refractivity contribution in [3.8, 4) is 17.2 Å². The molecule has 0 unspecified atom stereocenters. The standard InChI is InChI=1S/C23H14BrN3O6S/c24-19-12-15(27(31)32)10-13(20(19)28)11-18-21(29)25-23(34)26(22(18)30)14-6-8-17(9-7-14)33-16-4-2-1-3-5-16/h1-12,28H,(H,25,29,34). The number of halogens is 1. The molecule has 34 heavy (non-hydrogen) atoms. The number of aromatic hydroxyl groups is 1. The Morgan fingerprint density at radius 1 is 1.06 bits per heavy atom. The van der Waals surface area contributed by atoms with Crippen LogP contribution in [-0.2, 0) is 9.59 Å². The topological polar surface area (TPSA) is 122 Å². The fourth-order valence-electron chi connectivity index (χ4n) is 3.16. The van der Waals surface area contributed by atoms with Crippen LogP contribution < -0.4 is 15.0 Å². The van der Waals surface area contributed by atoms with Crippen LogP contribution in [0, 0.1) is 10.1 Å². The van der Waals surface area contributed by atoms with Gasteiger partial charge in [-0.1, -0.05) is 18.2 Å². The summed E-state index contributed by atoms with van der Waals surface area (Å²) in [5, 5.41) is 23.7. The van der Waals surface area contributed by atoms with Gasteiger partial charge in [0.1, 0.15) is 22.8 Å². The molecule has 11 heteroatoms. The summed E-state index contributed by atoms with van der Waals surface area (Å²) in [6.07, 6.45) is 1.08. The lowest BCUT2D eigenvalue weighted by atomic mass is 10.1. The zero-order chi connectivity index (χ0) is 24.4. The second-order valence-corrected chi connectivity index (χ2v) is 8.23. The molecule has 3 aromatic rings. The summed E-state index contributed by atoms with van der Waals surface area (Å²) in [5.74, 6) is -0.748. The number of hydrogen-bond acceptors (Lipinski definition) is 7. The van der Waals surface area contributed by atoms with Crippen LogP contribution in [-0.4, -0.2) is 27.0 Å². The summed E-state index contributed by atoms with van der Waals surface area (Å²) in [6, 6.07) is 17.8.